The van der Waals surface area contributed by atoms with Gasteiger partial charge in [-0.1, -0.05) is 46.0 Å². The summed E-state index contributed by atoms with van der Waals surface area (Å²) in [5, 5.41) is 0. The number of unbranched alkanes of at least 4 members (excludes halogenated alkanes) is 5. The highest BCUT2D eigenvalue weighted by molar-refractivity contribution is 4.53. The van der Waals surface area contributed by atoms with Crippen molar-refractivity contribution in [1.82, 2.24) is 4.90 Å². The third-order valence-corrected chi connectivity index (χ3v) is 2.43. The largest absolute Gasteiger partial charge is 0.306 e. The summed E-state index contributed by atoms with van der Waals surface area (Å²) in [5.74, 6) is 0. The van der Waals surface area contributed by atoms with Gasteiger partial charge in [0.2, 0.25) is 0 Å². The molecule has 0 unspecified atom stereocenters. The minimum atomic E-state index is 1.10. The smallest absolute Gasteiger partial charge is 0.00218 e. The molecule has 0 rings (SSSR count). The Kier molecular flexibility index (Phi) is 10.0. The fourth-order valence-corrected chi connectivity index (χ4v) is 1.48. The third kappa shape index (κ3) is 9.88. The van der Waals surface area contributed by atoms with Crippen LogP contribution in [0.2, 0.25) is 0 Å². The Morgan fingerprint density at radius 3 is 2.08 bits per heavy atom. The summed E-state index contributed by atoms with van der Waals surface area (Å²) in [7, 11) is 2.24. The molecule has 13 heavy (non-hydrogen) atoms. The van der Waals surface area contributed by atoms with Crippen LogP contribution in [0.4, 0.5) is 0 Å². The lowest BCUT2D eigenvalue weighted by molar-refractivity contribution is 0.316. The Labute approximate surface area is 84.5 Å². The Balaban J connectivity index is 3.05. The van der Waals surface area contributed by atoms with Gasteiger partial charge in [0.15, 0.2) is 0 Å². The number of nitrogens with zero attached hydrogens (tertiary/aromatic N) is 1. The molecule has 0 heterocycles. The number of hydrogen-bond donors (Lipinski definition) is 0. The minimum absolute atomic E-state index is 1.10. The van der Waals surface area contributed by atoms with Gasteiger partial charge in [0.05, 0.1) is 0 Å². The van der Waals surface area contributed by atoms with Crippen molar-refractivity contribution in [2.24, 2.45) is 0 Å². The Morgan fingerprint density at radius 1 is 0.923 bits per heavy atom. The molecule has 1 radical (unpaired) electrons. The van der Waals surface area contributed by atoms with E-state index in [1.54, 1.807) is 0 Å². The molecule has 1 nitrogen and oxygen atoms in total. The van der Waals surface area contributed by atoms with E-state index < -0.39 is 0 Å². The summed E-state index contributed by atoms with van der Waals surface area (Å²) in [6.07, 6.45) is 9.16. The summed E-state index contributed by atoms with van der Waals surface area (Å²) in [6, 6.07) is 0. The van der Waals surface area contributed by atoms with Gasteiger partial charge in [-0.15, -0.1) is 0 Å². The summed E-state index contributed by atoms with van der Waals surface area (Å²) in [5.41, 5.74) is 0. The van der Waals surface area contributed by atoms with Crippen LogP contribution < -0.4 is 0 Å². The van der Waals surface area contributed by atoms with E-state index in [9.17, 15) is 0 Å². The number of rotatable bonds is 9. The highest BCUT2D eigenvalue weighted by Gasteiger charge is 1.96. The van der Waals surface area contributed by atoms with Crippen LogP contribution in [-0.4, -0.2) is 25.0 Å². The maximum absolute atomic E-state index is 3.85. The Morgan fingerprint density at radius 2 is 1.54 bits per heavy atom. The second-order valence-electron chi connectivity index (χ2n) is 3.92. The molecule has 0 amide bonds. The molecular weight excluding hydrogens is 158 g/mol. The first-order valence-corrected chi connectivity index (χ1v) is 5.79. The quantitative estimate of drug-likeness (QED) is 0.496. The second-order valence-corrected chi connectivity index (χ2v) is 3.92. The van der Waals surface area contributed by atoms with Gasteiger partial charge in [-0.2, -0.15) is 0 Å². The SMILES string of the molecule is [CH2]CCCCCN(C)CCCCC. The summed E-state index contributed by atoms with van der Waals surface area (Å²) < 4.78 is 0. The van der Waals surface area contributed by atoms with Crippen molar-refractivity contribution in [2.45, 2.75) is 51.9 Å². The molecule has 0 aromatic rings. The Hall–Kier alpha value is -0.0400. The van der Waals surface area contributed by atoms with Crippen LogP contribution in [-0.2, 0) is 0 Å². The maximum atomic E-state index is 3.85. The molecule has 0 aliphatic rings. The second kappa shape index (κ2) is 10.0. The first-order chi connectivity index (χ1) is 6.31. The van der Waals surface area contributed by atoms with Crippen LogP contribution in [0, 0.1) is 6.92 Å². The maximum Gasteiger partial charge on any atom is -0.00218 e. The summed E-state index contributed by atoms with van der Waals surface area (Å²) >= 11 is 0. The molecule has 0 bridgehead atoms. The molecule has 0 aromatic heterocycles. The highest BCUT2D eigenvalue weighted by Crippen LogP contribution is 2.01. The van der Waals surface area contributed by atoms with Gasteiger partial charge in [-0.25, -0.2) is 0 Å². The molecule has 0 aliphatic carbocycles. The van der Waals surface area contributed by atoms with E-state index in [0.29, 0.717) is 0 Å². The summed E-state index contributed by atoms with van der Waals surface area (Å²) in [4.78, 5) is 2.46. The van der Waals surface area contributed by atoms with E-state index in [1.807, 2.05) is 0 Å². The van der Waals surface area contributed by atoms with Crippen molar-refractivity contribution in [3.8, 4) is 0 Å². The van der Waals surface area contributed by atoms with Crippen molar-refractivity contribution in [3.05, 3.63) is 6.92 Å². The summed E-state index contributed by atoms with van der Waals surface area (Å²) in [6.45, 7) is 8.65. The fourth-order valence-electron chi connectivity index (χ4n) is 1.48. The lowest BCUT2D eigenvalue weighted by atomic mass is 10.2. The molecule has 0 saturated carbocycles. The van der Waals surface area contributed by atoms with E-state index in [2.05, 4.69) is 25.8 Å². The fraction of sp³-hybridized carbons (Fsp3) is 0.917. The lowest BCUT2D eigenvalue weighted by Gasteiger charge is -2.15. The van der Waals surface area contributed by atoms with Gasteiger partial charge in [-0.3, -0.25) is 0 Å². The van der Waals surface area contributed by atoms with Gasteiger partial charge in [0.25, 0.3) is 0 Å². The predicted molar refractivity (Wildman–Crippen MR) is 60.8 cm³/mol. The normalized spacial score (nSPS) is 11.1. The zero-order valence-electron chi connectivity index (χ0n) is 9.52. The van der Waals surface area contributed by atoms with E-state index >= 15 is 0 Å². The van der Waals surface area contributed by atoms with E-state index in [4.69, 9.17) is 0 Å². The van der Waals surface area contributed by atoms with Gasteiger partial charge in [0, 0.05) is 0 Å². The van der Waals surface area contributed by atoms with Crippen LogP contribution in [0.1, 0.15) is 51.9 Å². The van der Waals surface area contributed by atoms with Crippen LogP contribution >= 0.6 is 0 Å². The molecule has 0 aliphatic heterocycles. The highest BCUT2D eigenvalue weighted by atomic mass is 15.1. The predicted octanol–water partition coefficient (Wildman–Crippen LogP) is 3.50. The van der Waals surface area contributed by atoms with Gasteiger partial charge < -0.3 is 4.90 Å². The molecule has 1 heteroatoms. The van der Waals surface area contributed by atoms with Gasteiger partial charge in [-0.05, 0) is 33.0 Å². The molecule has 0 N–H and O–H groups in total. The molecular formula is C12H26N. The van der Waals surface area contributed by atoms with Gasteiger partial charge in [0.1, 0.15) is 0 Å². The van der Waals surface area contributed by atoms with E-state index in [-0.39, 0.29) is 0 Å². The van der Waals surface area contributed by atoms with Crippen LogP contribution in [0.25, 0.3) is 0 Å². The van der Waals surface area contributed by atoms with Crippen LogP contribution in [0.3, 0.4) is 0 Å². The van der Waals surface area contributed by atoms with Crippen LogP contribution in [0.5, 0.6) is 0 Å². The molecule has 0 aromatic carbocycles. The molecule has 79 valence electrons. The molecule has 0 saturated heterocycles. The van der Waals surface area contributed by atoms with Crippen molar-refractivity contribution >= 4 is 0 Å². The van der Waals surface area contributed by atoms with E-state index in [0.717, 1.165) is 6.42 Å². The zero-order chi connectivity index (χ0) is 9.94. The van der Waals surface area contributed by atoms with Crippen molar-refractivity contribution < 1.29 is 0 Å². The minimum Gasteiger partial charge on any atom is -0.306 e. The Bertz CT molecular complexity index is 91.1. The van der Waals surface area contributed by atoms with Crippen molar-refractivity contribution in [1.29, 1.82) is 0 Å². The molecule has 0 spiro atoms. The van der Waals surface area contributed by atoms with E-state index in [1.165, 1.54) is 51.6 Å². The average Bonchev–Trinajstić information content (AvgIpc) is 2.13. The van der Waals surface area contributed by atoms with Crippen molar-refractivity contribution in [2.75, 3.05) is 20.1 Å². The first kappa shape index (κ1) is 13.0. The molecule has 0 fully saturated rings. The zero-order valence-corrected chi connectivity index (χ0v) is 9.52. The monoisotopic (exact) mass is 184 g/mol. The molecule has 0 atom stereocenters. The standard InChI is InChI=1S/C12H26N/c1-4-6-8-10-12-13(3)11-9-7-5-2/h1,4-12H2,2-3H3. The average molecular weight is 184 g/mol. The lowest BCUT2D eigenvalue weighted by Crippen LogP contribution is -2.20. The first-order valence-electron chi connectivity index (χ1n) is 5.79. The topological polar surface area (TPSA) is 3.24 Å². The van der Waals surface area contributed by atoms with Crippen LogP contribution in [0.15, 0.2) is 0 Å². The third-order valence-electron chi connectivity index (χ3n) is 2.43. The van der Waals surface area contributed by atoms with Crippen molar-refractivity contribution in [3.63, 3.8) is 0 Å². The van der Waals surface area contributed by atoms with Gasteiger partial charge >= 0.3 is 0 Å². The number of hydrogen-bond acceptors (Lipinski definition) is 1.